The van der Waals surface area contributed by atoms with Gasteiger partial charge in [-0.05, 0) is 42.2 Å². The molecule has 0 atom stereocenters. The summed E-state index contributed by atoms with van der Waals surface area (Å²) in [4.78, 5) is 12.8. The SMILES string of the molecule is CNC(=O)c1cccc(NCc2ccc(SC)cc2)c1. The molecule has 3 nitrogen and oxygen atoms in total. The second kappa shape index (κ2) is 7.01. The van der Waals surface area contributed by atoms with Crippen LogP contribution in [0.4, 0.5) is 5.69 Å². The van der Waals surface area contributed by atoms with Gasteiger partial charge in [0.25, 0.3) is 5.91 Å². The van der Waals surface area contributed by atoms with Crippen LogP contribution >= 0.6 is 11.8 Å². The van der Waals surface area contributed by atoms with E-state index in [0.29, 0.717) is 5.56 Å². The quantitative estimate of drug-likeness (QED) is 0.828. The third-order valence-electron chi connectivity index (χ3n) is 3.01. The minimum absolute atomic E-state index is 0.0713. The number of rotatable bonds is 5. The van der Waals surface area contributed by atoms with E-state index in [2.05, 4.69) is 41.2 Å². The van der Waals surface area contributed by atoms with Gasteiger partial charge < -0.3 is 10.6 Å². The first-order valence-electron chi connectivity index (χ1n) is 6.42. The molecule has 0 aliphatic rings. The summed E-state index contributed by atoms with van der Waals surface area (Å²) in [7, 11) is 1.63. The van der Waals surface area contributed by atoms with E-state index < -0.39 is 0 Å². The third-order valence-corrected chi connectivity index (χ3v) is 3.75. The largest absolute Gasteiger partial charge is 0.381 e. The van der Waals surface area contributed by atoms with Gasteiger partial charge in [0.2, 0.25) is 0 Å². The summed E-state index contributed by atoms with van der Waals surface area (Å²) in [6, 6.07) is 16.0. The first-order valence-corrected chi connectivity index (χ1v) is 7.64. The normalized spacial score (nSPS) is 10.1. The van der Waals surface area contributed by atoms with Crippen molar-refractivity contribution in [3.63, 3.8) is 0 Å². The molecule has 2 aromatic carbocycles. The number of hydrogen-bond donors (Lipinski definition) is 2. The van der Waals surface area contributed by atoms with Gasteiger partial charge in [0.1, 0.15) is 0 Å². The Balaban J connectivity index is 2.01. The van der Waals surface area contributed by atoms with Crippen LogP contribution in [0.2, 0.25) is 0 Å². The minimum atomic E-state index is -0.0713. The van der Waals surface area contributed by atoms with Crippen molar-refractivity contribution in [1.82, 2.24) is 5.32 Å². The van der Waals surface area contributed by atoms with Gasteiger partial charge in [0, 0.05) is 29.7 Å². The van der Waals surface area contributed by atoms with Crippen molar-refractivity contribution in [2.75, 3.05) is 18.6 Å². The summed E-state index contributed by atoms with van der Waals surface area (Å²) in [6.07, 6.45) is 2.07. The van der Waals surface area contributed by atoms with Crippen LogP contribution in [-0.4, -0.2) is 19.2 Å². The van der Waals surface area contributed by atoms with Crippen molar-refractivity contribution in [3.05, 3.63) is 59.7 Å². The molecule has 2 rings (SSSR count). The van der Waals surface area contributed by atoms with E-state index >= 15 is 0 Å². The Morgan fingerprint density at radius 2 is 1.90 bits per heavy atom. The van der Waals surface area contributed by atoms with E-state index in [-0.39, 0.29) is 5.91 Å². The van der Waals surface area contributed by atoms with Gasteiger partial charge in [-0.1, -0.05) is 18.2 Å². The Morgan fingerprint density at radius 3 is 2.55 bits per heavy atom. The number of carbonyl (C=O) groups excluding carboxylic acids is 1. The number of anilines is 1. The molecule has 0 spiro atoms. The van der Waals surface area contributed by atoms with Crippen LogP contribution in [-0.2, 0) is 6.54 Å². The maximum absolute atomic E-state index is 11.6. The van der Waals surface area contributed by atoms with E-state index in [1.165, 1.54) is 10.5 Å². The monoisotopic (exact) mass is 286 g/mol. The molecule has 0 unspecified atom stereocenters. The number of nitrogens with one attached hydrogen (secondary N) is 2. The van der Waals surface area contributed by atoms with Crippen LogP contribution in [0, 0.1) is 0 Å². The lowest BCUT2D eigenvalue weighted by atomic mass is 10.1. The fraction of sp³-hybridized carbons (Fsp3) is 0.188. The summed E-state index contributed by atoms with van der Waals surface area (Å²) in [6.45, 7) is 0.742. The molecule has 1 amide bonds. The van der Waals surface area contributed by atoms with E-state index in [9.17, 15) is 4.79 Å². The standard InChI is InChI=1S/C16H18N2OS/c1-17-16(19)13-4-3-5-14(10-13)18-11-12-6-8-15(20-2)9-7-12/h3-10,18H,11H2,1-2H3,(H,17,19). The zero-order chi connectivity index (χ0) is 14.4. The summed E-state index contributed by atoms with van der Waals surface area (Å²) >= 11 is 1.73. The fourth-order valence-corrected chi connectivity index (χ4v) is 2.27. The molecule has 0 saturated heterocycles. The van der Waals surface area contributed by atoms with E-state index in [4.69, 9.17) is 0 Å². The molecule has 0 radical (unpaired) electrons. The van der Waals surface area contributed by atoms with Gasteiger partial charge in [-0.2, -0.15) is 0 Å². The topological polar surface area (TPSA) is 41.1 Å². The van der Waals surface area contributed by atoms with E-state index in [1.807, 2.05) is 18.2 Å². The molecule has 104 valence electrons. The van der Waals surface area contributed by atoms with Crippen LogP contribution in [0.5, 0.6) is 0 Å². The van der Waals surface area contributed by atoms with Crippen molar-refractivity contribution in [1.29, 1.82) is 0 Å². The van der Waals surface area contributed by atoms with Crippen molar-refractivity contribution in [2.45, 2.75) is 11.4 Å². The van der Waals surface area contributed by atoms with Crippen LogP contribution in [0.15, 0.2) is 53.4 Å². The number of carbonyl (C=O) groups is 1. The van der Waals surface area contributed by atoms with E-state index in [0.717, 1.165) is 12.2 Å². The molecule has 0 aliphatic heterocycles. The smallest absolute Gasteiger partial charge is 0.251 e. The maximum Gasteiger partial charge on any atom is 0.251 e. The van der Waals surface area contributed by atoms with Crippen LogP contribution in [0.3, 0.4) is 0 Å². The molecular formula is C16H18N2OS. The Labute approximate surface area is 123 Å². The molecular weight excluding hydrogens is 268 g/mol. The maximum atomic E-state index is 11.6. The van der Waals surface area contributed by atoms with Gasteiger partial charge in [-0.25, -0.2) is 0 Å². The van der Waals surface area contributed by atoms with Crippen LogP contribution < -0.4 is 10.6 Å². The van der Waals surface area contributed by atoms with Gasteiger partial charge in [-0.3, -0.25) is 4.79 Å². The van der Waals surface area contributed by atoms with Crippen molar-refractivity contribution >= 4 is 23.4 Å². The van der Waals surface area contributed by atoms with Crippen molar-refractivity contribution in [3.8, 4) is 0 Å². The van der Waals surface area contributed by atoms with Crippen molar-refractivity contribution < 1.29 is 4.79 Å². The highest BCUT2D eigenvalue weighted by molar-refractivity contribution is 7.98. The molecule has 0 aliphatic carbocycles. The van der Waals surface area contributed by atoms with Gasteiger partial charge >= 0.3 is 0 Å². The molecule has 0 heterocycles. The minimum Gasteiger partial charge on any atom is -0.381 e. The zero-order valence-electron chi connectivity index (χ0n) is 11.6. The predicted molar refractivity (Wildman–Crippen MR) is 85.4 cm³/mol. The summed E-state index contributed by atoms with van der Waals surface area (Å²) in [5.41, 5.74) is 2.82. The Hall–Kier alpha value is -1.94. The Bertz CT molecular complexity index is 581. The fourth-order valence-electron chi connectivity index (χ4n) is 1.86. The Kier molecular flexibility index (Phi) is 5.07. The molecule has 20 heavy (non-hydrogen) atoms. The molecule has 2 aromatic rings. The molecule has 4 heteroatoms. The molecule has 0 fully saturated rings. The van der Waals surface area contributed by atoms with Gasteiger partial charge in [-0.15, -0.1) is 11.8 Å². The van der Waals surface area contributed by atoms with Crippen LogP contribution in [0.1, 0.15) is 15.9 Å². The lowest BCUT2D eigenvalue weighted by Gasteiger charge is -2.08. The summed E-state index contributed by atoms with van der Waals surface area (Å²) in [5.74, 6) is -0.0713. The third kappa shape index (κ3) is 3.78. The highest BCUT2D eigenvalue weighted by atomic mass is 32.2. The lowest BCUT2D eigenvalue weighted by molar-refractivity contribution is 0.0963. The molecule has 0 aromatic heterocycles. The second-order valence-corrected chi connectivity index (χ2v) is 5.24. The predicted octanol–water partition coefficient (Wildman–Crippen LogP) is 3.38. The highest BCUT2D eigenvalue weighted by Gasteiger charge is 2.03. The number of thioether (sulfide) groups is 1. The van der Waals surface area contributed by atoms with Gasteiger partial charge in [0.15, 0.2) is 0 Å². The first kappa shape index (κ1) is 14.5. The summed E-state index contributed by atoms with van der Waals surface area (Å²) < 4.78 is 0. The molecule has 0 saturated carbocycles. The van der Waals surface area contributed by atoms with Gasteiger partial charge in [0.05, 0.1) is 0 Å². The zero-order valence-corrected chi connectivity index (χ0v) is 12.5. The summed E-state index contributed by atoms with van der Waals surface area (Å²) in [5, 5.41) is 5.96. The van der Waals surface area contributed by atoms with Crippen LogP contribution in [0.25, 0.3) is 0 Å². The average molecular weight is 286 g/mol. The lowest BCUT2D eigenvalue weighted by Crippen LogP contribution is -2.17. The number of benzene rings is 2. The highest BCUT2D eigenvalue weighted by Crippen LogP contribution is 2.16. The average Bonchev–Trinajstić information content (AvgIpc) is 2.53. The van der Waals surface area contributed by atoms with Crippen molar-refractivity contribution in [2.24, 2.45) is 0 Å². The molecule has 2 N–H and O–H groups in total. The number of amides is 1. The number of hydrogen-bond acceptors (Lipinski definition) is 3. The molecule has 0 bridgehead atoms. The van der Waals surface area contributed by atoms with E-state index in [1.54, 1.807) is 24.9 Å². The second-order valence-electron chi connectivity index (χ2n) is 4.36. The Morgan fingerprint density at radius 1 is 1.15 bits per heavy atom. The first-order chi connectivity index (χ1) is 9.72.